The molecule has 0 aliphatic heterocycles. The SMILES string of the molecule is CCCCCCNC(=O)N[C@@H](CCC(N)=O)C(=O)NCCc1ccccc1. The maximum Gasteiger partial charge on any atom is 0.315 e. The number of amides is 4. The van der Waals surface area contributed by atoms with Crippen LogP contribution in [0.15, 0.2) is 30.3 Å². The van der Waals surface area contributed by atoms with E-state index in [1.165, 1.54) is 0 Å². The third-order valence-corrected chi connectivity index (χ3v) is 4.17. The van der Waals surface area contributed by atoms with Gasteiger partial charge in [-0.3, -0.25) is 9.59 Å². The predicted molar refractivity (Wildman–Crippen MR) is 106 cm³/mol. The molecule has 1 atom stereocenters. The van der Waals surface area contributed by atoms with E-state index in [1.54, 1.807) is 0 Å². The third-order valence-electron chi connectivity index (χ3n) is 4.17. The summed E-state index contributed by atoms with van der Waals surface area (Å²) in [6, 6.07) is 8.61. The second kappa shape index (κ2) is 13.6. The van der Waals surface area contributed by atoms with E-state index in [-0.39, 0.29) is 18.7 Å². The average Bonchev–Trinajstić information content (AvgIpc) is 2.65. The van der Waals surface area contributed by atoms with E-state index < -0.39 is 18.0 Å². The van der Waals surface area contributed by atoms with E-state index in [1.807, 2.05) is 30.3 Å². The molecule has 0 aromatic heterocycles. The highest BCUT2D eigenvalue weighted by Gasteiger charge is 2.20. The number of unbranched alkanes of at least 4 members (excludes halogenated alkanes) is 3. The molecule has 1 aromatic carbocycles. The van der Waals surface area contributed by atoms with E-state index in [2.05, 4.69) is 22.9 Å². The molecule has 0 spiro atoms. The summed E-state index contributed by atoms with van der Waals surface area (Å²) >= 11 is 0. The summed E-state index contributed by atoms with van der Waals surface area (Å²) in [5, 5.41) is 8.20. The molecule has 0 fully saturated rings. The molecule has 1 rings (SSSR count). The molecule has 0 aliphatic carbocycles. The Labute approximate surface area is 161 Å². The number of carbonyl (C=O) groups is 3. The van der Waals surface area contributed by atoms with E-state index in [0.717, 1.165) is 31.2 Å². The minimum Gasteiger partial charge on any atom is -0.370 e. The first-order valence-corrected chi connectivity index (χ1v) is 9.67. The highest BCUT2D eigenvalue weighted by Crippen LogP contribution is 2.01. The second-order valence-corrected chi connectivity index (χ2v) is 6.55. The number of primary amides is 1. The maximum atomic E-state index is 12.4. The molecule has 0 unspecified atom stereocenters. The van der Waals surface area contributed by atoms with Crippen molar-refractivity contribution < 1.29 is 14.4 Å². The summed E-state index contributed by atoms with van der Waals surface area (Å²) in [7, 11) is 0. The zero-order chi connectivity index (χ0) is 19.9. The molecule has 0 aliphatic rings. The molecule has 7 nitrogen and oxygen atoms in total. The molecular formula is C20H32N4O3. The molecule has 150 valence electrons. The van der Waals surface area contributed by atoms with Gasteiger partial charge in [0.2, 0.25) is 11.8 Å². The lowest BCUT2D eigenvalue weighted by molar-refractivity contribution is -0.123. The zero-order valence-corrected chi connectivity index (χ0v) is 16.1. The van der Waals surface area contributed by atoms with Crippen LogP contribution in [0, 0.1) is 0 Å². The number of urea groups is 1. The topological polar surface area (TPSA) is 113 Å². The number of carbonyl (C=O) groups excluding carboxylic acids is 3. The number of benzene rings is 1. The maximum absolute atomic E-state index is 12.4. The van der Waals surface area contributed by atoms with Crippen LogP contribution in [0.25, 0.3) is 0 Å². The minimum absolute atomic E-state index is 0.0353. The van der Waals surface area contributed by atoms with Crippen molar-refractivity contribution in [2.75, 3.05) is 13.1 Å². The van der Waals surface area contributed by atoms with Crippen molar-refractivity contribution in [2.24, 2.45) is 5.73 Å². The molecule has 1 aromatic rings. The quantitative estimate of drug-likeness (QED) is 0.394. The Morgan fingerprint density at radius 3 is 2.41 bits per heavy atom. The molecule has 7 heteroatoms. The van der Waals surface area contributed by atoms with Gasteiger partial charge in [0, 0.05) is 19.5 Å². The number of hydrogen-bond donors (Lipinski definition) is 4. The lowest BCUT2D eigenvalue weighted by Crippen LogP contribution is -2.50. The summed E-state index contributed by atoms with van der Waals surface area (Å²) in [6.07, 6.45) is 5.12. The van der Waals surface area contributed by atoms with Crippen molar-refractivity contribution in [3.8, 4) is 0 Å². The smallest absolute Gasteiger partial charge is 0.315 e. The highest BCUT2D eigenvalue weighted by molar-refractivity contribution is 5.87. The third kappa shape index (κ3) is 10.9. The summed E-state index contributed by atoms with van der Waals surface area (Å²) in [4.78, 5) is 35.4. The van der Waals surface area contributed by atoms with Crippen LogP contribution in [-0.2, 0) is 16.0 Å². The minimum atomic E-state index is -0.788. The fraction of sp³-hybridized carbons (Fsp3) is 0.550. The Hall–Kier alpha value is -2.57. The van der Waals surface area contributed by atoms with E-state index in [9.17, 15) is 14.4 Å². The first-order valence-electron chi connectivity index (χ1n) is 9.67. The Bertz CT molecular complexity index is 578. The molecular weight excluding hydrogens is 344 g/mol. The van der Waals surface area contributed by atoms with Crippen LogP contribution in [0.5, 0.6) is 0 Å². The lowest BCUT2D eigenvalue weighted by Gasteiger charge is -2.18. The van der Waals surface area contributed by atoms with Gasteiger partial charge >= 0.3 is 6.03 Å². The van der Waals surface area contributed by atoms with Gasteiger partial charge in [-0.25, -0.2) is 4.79 Å². The summed E-state index contributed by atoms with van der Waals surface area (Å²) < 4.78 is 0. The van der Waals surface area contributed by atoms with Crippen molar-refractivity contribution in [1.82, 2.24) is 16.0 Å². The highest BCUT2D eigenvalue weighted by atomic mass is 16.2. The molecule has 0 radical (unpaired) electrons. The first-order chi connectivity index (χ1) is 13.0. The Morgan fingerprint density at radius 2 is 1.74 bits per heavy atom. The average molecular weight is 377 g/mol. The van der Waals surface area contributed by atoms with Gasteiger partial charge in [0.05, 0.1) is 0 Å². The van der Waals surface area contributed by atoms with E-state index in [0.29, 0.717) is 19.5 Å². The van der Waals surface area contributed by atoms with Gasteiger partial charge < -0.3 is 21.7 Å². The monoisotopic (exact) mass is 376 g/mol. The molecule has 0 bridgehead atoms. The van der Waals surface area contributed by atoms with E-state index >= 15 is 0 Å². The van der Waals surface area contributed by atoms with Crippen molar-refractivity contribution >= 4 is 17.8 Å². The van der Waals surface area contributed by atoms with Crippen LogP contribution in [0.2, 0.25) is 0 Å². The van der Waals surface area contributed by atoms with Gasteiger partial charge in [-0.15, -0.1) is 0 Å². The van der Waals surface area contributed by atoms with E-state index in [4.69, 9.17) is 5.73 Å². The van der Waals surface area contributed by atoms with Crippen LogP contribution in [0.3, 0.4) is 0 Å². The molecule has 5 N–H and O–H groups in total. The second-order valence-electron chi connectivity index (χ2n) is 6.55. The van der Waals surface area contributed by atoms with Gasteiger partial charge in [0.25, 0.3) is 0 Å². The van der Waals surface area contributed by atoms with Crippen molar-refractivity contribution in [3.05, 3.63) is 35.9 Å². The molecule has 0 heterocycles. The summed E-state index contributed by atoms with van der Waals surface area (Å²) in [5.74, 6) is -0.813. The molecule has 0 saturated heterocycles. The number of nitrogens with two attached hydrogens (primary N) is 1. The molecule has 4 amide bonds. The van der Waals surface area contributed by atoms with Crippen LogP contribution in [-0.4, -0.2) is 37.0 Å². The van der Waals surface area contributed by atoms with Gasteiger partial charge in [-0.2, -0.15) is 0 Å². The van der Waals surface area contributed by atoms with Crippen LogP contribution in [0.1, 0.15) is 51.0 Å². The van der Waals surface area contributed by atoms with Crippen molar-refractivity contribution in [3.63, 3.8) is 0 Å². The molecule has 0 saturated carbocycles. The fourth-order valence-electron chi connectivity index (χ4n) is 2.62. The fourth-order valence-corrected chi connectivity index (χ4v) is 2.62. The first kappa shape index (κ1) is 22.5. The summed E-state index contributed by atoms with van der Waals surface area (Å²) in [6.45, 7) is 3.14. The Kier molecular flexibility index (Phi) is 11.3. The largest absolute Gasteiger partial charge is 0.370 e. The van der Waals surface area contributed by atoms with Gasteiger partial charge in [-0.1, -0.05) is 56.5 Å². The van der Waals surface area contributed by atoms with Crippen LogP contribution < -0.4 is 21.7 Å². The normalized spacial score (nSPS) is 11.4. The van der Waals surface area contributed by atoms with Crippen molar-refractivity contribution in [2.45, 2.75) is 57.9 Å². The number of rotatable bonds is 13. The number of nitrogens with one attached hydrogen (secondary N) is 3. The van der Waals surface area contributed by atoms with Crippen LogP contribution in [0.4, 0.5) is 4.79 Å². The number of hydrogen-bond acceptors (Lipinski definition) is 3. The predicted octanol–water partition coefficient (Wildman–Crippen LogP) is 1.86. The van der Waals surface area contributed by atoms with Crippen LogP contribution >= 0.6 is 0 Å². The van der Waals surface area contributed by atoms with Gasteiger partial charge in [0.1, 0.15) is 6.04 Å². The summed E-state index contributed by atoms with van der Waals surface area (Å²) in [5.41, 5.74) is 6.29. The van der Waals surface area contributed by atoms with Crippen molar-refractivity contribution in [1.29, 1.82) is 0 Å². The standard InChI is InChI=1S/C20H32N4O3/c1-2-3-4-8-14-23-20(27)24-17(11-12-18(21)25)19(26)22-15-13-16-9-6-5-7-10-16/h5-7,9-10,17H,2-4,8,11-15H2,1H3,(H2,21,25)(H,22,26)(H2,23,24,27)/t17-/m0/s1. The van der Waals surface area contributed by atoms with Gasteiger partial charge in [-0.05, 0) is 24.8 Å². The Balaban J connectivity index is 2.42. The van der Waals surface area contributed by atoms with Gasteiger partial charge in [0.15, 0.2) is 0 Å². The Morgan fingerprint density at radius 1 is 1.00 bits per heavy atom. The zero-order valence-electron chi connectivity index (χ0n) is 16.1. The molecule has 27 heavy (non-hydrogen) atoms. The lowest BCUT2D eigenvalue weighted by atomic mass is 10.1.